The average Bonchev–Trinajstić information content (AvgIpc) is 2.17. The molecule has 0 atom stereocenters. The van der Waals surface area contributed by atoms with Crippen molar-refractivity contribution in [2.24, 2.45) is 0 Å². The molecule has 0 amide bonds. The third-order valence-electron chi connectivity index (χ3n) is 2.53. The van der Waals surface area contributed by atoms with Gasteiger partial charge in [0.05, 0.1) is 5.75 Å². The molecule has 1 aromatic rings. The second kappa shape index (κ2) is 4.61. The molecule has 0 N–H and O–H groups in total. The summed E-state index contributed by atoms with van der Waals surface area (Å²) in [7, 11) is -5.12. The van der Waals surface area contributed by atoms with Gasteiger partial charge >= 0.3 is 5.51 Å². The van der Waals surface area contributed by atoms with Crippen LogP contribution in [0, 0.1) is 13.8 Å². The zero-order valence-corrected chi connectivity index (χ0v) is 11.5. The Kier molecular flexibility index (Phi) is 3.93. The van der Waals surface area contributed by atoms with Crippen molar-refractivity contribution < 1.29 is 21.6 Å². The van der Waals surface area contributed by atoms with Crippen molar-refractivity contribution in [2.45, 2.75) is 25.1 Å². The van der Waals surface area contributed by atoms with Gasteiger partial charge in [-0.15, -0.1) is 0 Å². The fourth-order valence-corrected chi connectivity index (χ4v) is 2.60. The Morgan fingerprint density at radius 3 is 2.18 bits per heavy atom. The zero-order chi connectivity index (χ0) is 13.4. The van der Waals surface area contributed by atoms with Gasteiger partial charge < -0.3 is 0 Å². The Bertz CT molecular complexity index is 535. The minimum absolute atomic E-state index is 0.169. The number of sulfone groups is 1. The molecule has 0 unspecified atom stereocenters. The first kappa shape index (κ1) is 14.5. The first-order chi connectivity index (χ1) is 7.56. The lowest BCUT2D eigenvalue weighted by atomic mass is 10.1. The maximum absolute atomic E-state index is 12.2. The van der Waals surface area contributed by atoms with E-state index < -0.39 is 21.1 Å². The van der Waals surface area contributed by atoms with E-state index in [4.69, 9.17) is 0 Å². The van der Waals surface area contributed by atoms with Gasteiger partial charge in [0.25, 0.3) is 9.84 Å². The van der Waals surface area contributed by atoms with Crippen molar-refractivity contribution in [1.29, 1.82) is 0 Å². The highest BCUT2D eigenvalue weighted by atomic mass is 79.9. The smallest absolute Gasteiger partial charge is 0.219 e. The van der Waals surface area contributed by atoms with Crippen molar-refractivity contribution in [1.82, 2.24) is 0 Å². The van der Waals surface area contributed by atoms with Gasteiger partial charge in [0.2, 0.25) is 0 Å². The van der Waals surface area contributed by atoms with Crippen molar-refractivity contribution >= 4 is 25.8 Å². The summed E-state index contributed by atoms with van der Waals surface area (Å²) in [6.45, 7) is 3.31. The van der Waals surface area contributed by atoms with Gasteiger partial charge in [-0.25, -0.2) is 8.42 Å². The van der Waals surface area contributed by atoms with Gasteiger partial charge in [-0.1, -0.05) is 22.0 Å². The summed E-state index contributed by atoms with van der Waals surface area (Å²) in [4.78, 5) is 0. The standard InChI is InChI=1S/C10H10BrF3O2S/c1-6-7(2)9(11)4-3-8(6)5-17(15,16)10(12,13)14/h3-4H,5H2,1-2H3. The normalized spacial score (nSPS) is 12.8. The van der Waals surface area contributed by atoms with Crippen LogP contribution in [0.2, 0.25) is 0 Å². The second-order valence-corrected chi connectivity index (χ2v) is 6.50. The topological polar surface area (TPSA) is 34.1 Å². The summed E-state index contributed by atoms with van der Waals surface area (Å²) < 4.78 is 59.5. The number of halogens is 4. The molecule has 0 heterocycles. The van der Waals surface area contributed by atoms with Crippen molar-refractivity contribution in [2.75, 3.05) is 0 Å². The van der Waals surface area contributed by atoms with E-state index in [1.165, 1.54) is 6.07 Å². The molecule has 17 heavy (non-hydrogen) atoms. The van der Waals surface area contributed by atoms with Crippen LogP contribution in [0.5, 0.6) is 0 Å². The molecule has 2 nitrogen and oxygen atoms in total. The Morgan fingerprint density at radius 2 is 1.71 bits per heavy atom. The van der Waals surface area contributed by atoms with Crippen LogP contribution in [0.15, 0.2) is 16.6 Å². The molecular weight excluding hydrogens is 321 g/mol. The Hall–Kier alpha value is -0.560. The summed E-state index contributed by atoms with van der Waals surface area (Å²) in [5.41, 5.74) is -3.75. The molecule has 0 aromatic heterocycles. The molecule has 7 heteroatoms. The van der Waals surface area contributed by atoms with Crippen molar-refractivity contribution in [3.8, 4) is 0 Å². The number of alkyl halides is 3. The zero-order valence-electron chi connectivity index (χ0n) is 9.10. The molecule has 0 radical (unpaired) electrons. The van der Waals surface area contributed by atoms with Gasteiger partial charge in [-0.3, -0.25) is 0 Å². The molecule has 1 rings (SSSR count). The van der Waals surface area contributed by atoms with Crippen molar-refractivity contribution in [3.05, 3.63) is 33.3 Å². The lowest BCUT2D eigenvalue weighted by Crippen LogP contribution is -2.25. The van der Waals surface area contributed by atoms with E-state index in [9.17, 15) is 21.6 Å². The fourth-order valence-electron chi connectivity index (χ4n) is 1.29. The summed E-state index contributed by atoms with van der Waals surface area (Å²) in [5, 5.41) is 0. The van der Waals surface area contributed by atoms with E-state index in [1.807, 2.05) is 0 Å². The number of benzene rings is 1. The maximum atomic E-state index is 12.2. The van der Waals surface area contributed by atoms with E-state index in [0.717, 1.165) is 10.0 Å². The molecule has 0 aliphatic heterocycles. The number of rotatable bonds is 2. The number of hydrogen-bond acceptors (Lipinski definition) is 2. The highest BCUT2D eigenvalue weighted by Crippen LogP contribution is 2.29. The van der Waals surface area contributed by atoms with Crippen LogP contribution in [-0.2, 0) is 15.6 Å². The molecule has 0 aliphatic carbocycles. The fraction of sp³-hybridized carbons (Fsp3) is 0.400. The highest BCUT2D eigenvalue weighted by Gasteiger charge is 2.45. The lowest BCUT2D eigenvalue weighted by Gasteiger charge is -2.12. The third kappa shape index (κ3) is 3.01. The number of hydrogen-bond donors (Lipinski definition) is 0. The van der Waals surface area contributed by atoms with Gasteiger partial charge in [-0.05, 0) is 36.6 Å². The highest BCUT2D eigenvalue weighted by molar-refractivity contribution is 9.10. The average molecular weight is 331 g/mol. The molecule has 0 aliphatic rings. The quantitative estimate of drug-likeness (QED) is 0.831. The minimum Gasteiger partial charge on any atom is -0.219 e. The summed E-state index contributed by atoms with van der Waals surface area (Å²) >= 11 is 3.23. The lowest BCUT2D eigenvalue weighted by molar-refractivity contribution is -0.0437. The molecule has 96 valence electrons. The van der Waals surface area contributed by atoms with E-state index >= 15 is 0 Å². The third-order valence-corrected chi connectivity index (χ3v) is 4.79. The predicted molar refractivity (Wildman–Crippen MR) is 62.3 cm³/mol. The minimum atomic E-state index is -5.21. The Labute approximate surface area is 106 Å². The molecule has 0 bridgehead atoms. The van der Waals surface area contributed by atoms with Crippen LogP contribution < -0.4 is 0 Å². The molecule has 0 saturated heterocycles. The monoisotopic (exact) mass is 330 g/mol. The van der Waals surface area contributed by atoms with Crippen LogP contribution >= 0.6 is 15.9 Å². The first-order valence-electron chi connectivity index (χ1n) is 4.60. The van der Waals surface area contributed by atoms with E-state index in [0.29, 0.717) is 5.56 Å². The van der Waals surface area contributed by atoms with Crippen LogP contribution in [-0.4, -0.2) is 13.9 Å². The Morgan fingerprint density at radius 1 is 1.18 bits per heavy atom. The predicted octanol–water partition coefficient (Wildman–Crippen LogP) is 3.50. The first-order valence-corrected chi connectivity index (χ1v) is 7.04. The van der Waals surface area contributed by atoms with Gasteiger partial charge in [0.1, 0.15) is 0 Å². The van der Waals surface area contributed by atoms with Crippen LogP contribution in [0.3, 0.4) is 0 Å². The maximum Gasteiger partial charge on any atom is 0.497 e. The summed E-state index contributed by atoms with van der Waals surface area (Å²) in [6, 6.07) is 2.93. The van der Waals surface area contributed by atoms with Gasteiger partial charge in [-0.2, -0.15) is 13.2 Å². The van der Waals surface area contributed by atoms with Crippen LogP contribution in [0.25, 0.3) is 0 Å². The molecule has 0 saturated carbocycles. The van der Waals surface area contributed by atoms with E-state index in [2.05, 4.69) is 15.9 Å². The summed E-state index contributed by atoms with van der Waals surface area (Å²) in [6.07, 6.45) is 0. The van der Waals surface area contributed by atoms with Crippen LogP contribution in [0.4, 0.5) is 13.2 Å². The Balaban J connectivity index is 3.19. The SMILES string of the molecule is Cc1c(Br)ccc(CS(=O)(=O)C(F)(F)F)c1C. The molecule has 1 aromatic carbocycles. The molecule has 0 fully saturated rings. The van der Waals surface area contributed by atoms with Crippen LogP contribution in [0.1, 0.15) is 16.7 Å². The second-order valence-electron chi connectivity index (χ2n) is 3.66. The summed E-state index contributed by atoms with van der Waals surface area (Å²) in [5.74, 6) is -1.02. The molecule has 0 spiro atoms. The largest absolute Gasteiger partial charge is 0.497 e. The van der Waals surface area contributed by atoms with E-state index in [-0.39, 0.29) is 5.56 Å². The van der Waals surface area contributed by atoms with Gasteiger partial charge in [0, 0.05) is 4.47 Å². The molecular formula is C10H10BrF3O2S. The van der Waals surface area contributed by atoms with Crippen molar-refractivity contribution in [3.63, 3.8) is 0 Å². The van der Waals surface area contributed by atoms with Gasteiger partial charge in [0.15, 0.2) is 0 Å². The van der Waals surface area contributed by atoms with E-state index in [1.54, 1.807) is 19.9 Å².